The Morgan fingerprint density at radius 2 is 1.95 bits per heavy atom. The van der Waals surface area contributed by atoms with E-state index in [0.717, 1.165) is 31.4 Å². The van der Waals surface area contributed by atoms with E-state index in [9.17, 15) is 0 Å². The molecule has 0 spiro atoms. The minimum Gasteiger partial charge on any atom is -0.398 e. The molecule has 0 atom stereocenters. The molecule has 6 heteroatoms. The smallest absolute Gasteiger partial charge is 0.138 e. The molecule has 3 aromatic rings. The topological polar surface area (TPSA) is 54.7 Å². The normalized spacial score (nSPS) is 11.1. The highest BCUT2D eigenvalue weighted by Crippen LogP contribution is 2.31. The number of hydrogen-bond donors (Lipinski definition) is 2. The number of nitrogens with zero attached hydrogens (tertiary/aromatic N) is 1. The Kier molecular flexibility index (Phi) is 3.28. The number of benzene rings is 2. The molecule has 19 heavy (non-hydrogen) atoms. The first-order valence-electron chi connectivity index (χ1n) is 5.45. The van der Waals surface area contributed by atoms with E-state index >= 15 is 0 Å². The van der Waals surface area contributed by atoms with Gasteiger partial charge in [-0.2, -0.15) is 0 Å². The zero-order valence-corrected chi connectivity index (χ0v) is 13.5. The van der Waals surface area contributed by atoms with Crippen LogP contribution in [-0.4, -0.2) is 9.97 Å². The fourth-order valence-corrected chi connectivity index (χ4v) is 2.97. The Balaban J connectivity index is 2.20. The lowest BCUT2D eigenvalue weighted by molar-refractivity contribution is 1.33. The van der Waals surface area contributed by atoms with Gasteiger partial charge in [0.2, 0.25) is 0 Å². The van der Waals surface area contributed by atoms with Crippen LogP contribution in [0.3, 0.4) is 0 Å². The third kappa shape index (κ3) is 2.38. The standard InChI is InChI=1S/C13H8Br2ClN3/c14-7-4-9(16)12-11(5-7)18-13(19-12)6-1-2-8(15)10(17)3-6/h1-5H,17H2,(H,18,19). The van der Waals surface area contributed by atoms with Crippen LogP contribution in [0.2, 0.25) is 5.02 Å². The third-order valence-corrected chi connectivity index (χ3v) is 4.24. The molecule has 0 fully saturated rings. The molecule has 0 saturated heterocycles. The van der Waals surface area contributed by atoms with Gasteiger partial charge < -0.3 is 10.7 Å². The van der Waals surface area contributed by atoms with Crippen LogP contribution in [0, 0.1) is 0 Å². The Morgan fingerprint density at radius 3 is 2.68 bits per heavy atom. The molecular formula is C13H8Br2ClN3. The van der Waals surface area contributed by atoms with Crippen molar-refractivity contribution in [2.45, 2.75) is 0 Å². The second-order valence-corrected chi connectivity index (χ2v) is 6.28. The van der Waals surface area contributed by atoms with Crippen molar-refractivity contribution in [3.8, 4) is 11.4 Å². The number of hydrogen-bond acceptors (Lipinski definition) is 2. The number of aromatic amines is 1. The molecule has 0 aliphatic heterocycles. The predicted octanol–water partition coefficient (Wildman–Crippen LogP) is 4.99. The summed E-state index contributed by atoms with van der Waals surface area (Å²) < 4.78 is 1.78. The summed E-state index contributed by atoms with van der Waals surface area (Å²) in [5, 5.41) is 0.608. The van der Waals surface area contributed by atoms with Gasteiger partial charge in [0.05, 0.1) is 10.5 Å². The Hall–Kier alpha value is -1.04. The van der Waals surface area contributed by atoms with Gasteiger partial charge in [-0.25, -0.2) is 4.98 Å². The fourth-order valence-electron chi connectivity index (χ4n) is 1.87. The van der Waals surface area contributed by atoms with E-state index < -0.39 is 0 Å². The maximum absolute atomic E-state index is 6.17. The summed E-state index contributed by atoms with van der Waals surface area (Å²) in [6.07, 6.45) is 0. The van der Waals surface area contributed by atoms with E-state index in [1.165, 1.54) is 0 Å². The van der Waals surface area contributed by atoms with Crippen molar-refractivity contribution < 1.29 is 0 Å². The molecule has 96 valence electrons. The summed E-state index contributed by atoms with van der Waals surface area (Å²) in [6, 6.07) is 9.48. The largest absolute Gasteiger partial charge is 0.398 e. The number of imidazole rings is 1. The molecular weight excluding hydrogens is 393 g/mol. The van der Waals surface area contributed by atoms with Crippen molar-refractivity contribution in [3.05, 3.63) is 44.3 Å². The molecule has 0 saturated carbocycles. The molecule has 1 heterocycles. The highest BCUT2D eigenvalue weighted by Gasteiger charge is 2.10. The Morgan fingerprint density at radius 1 is 1.16 bits per heavy atom. The van der Waals surface area contributed by atoms with E-state index in [1.807, 2.05) is 30.3 Å². The minimum atomic E-state index is 0.608. The number of nitrogen functional groups attached to an aromatic ring is 1. The number of halogens is 3. The number of rotatable bonds is 1. The van der Waals surface area contributed by atoms with E-state index in [-0.39, 0.29) is 0 Å². The van der Waals surface area contributed by atoms with Gasteiger partial charge in [0.25, 0.3) is 0 Å². The Labute approximate surface area is 131 Å². The van der Waals surface area contributed by atoms with Crippen LogP contribution in [0.1, 0.15) is 0 Å². The zero-order chi connectivity index (χ0) is 13.6. The van der Waals surface area contributed by atoms with E-state index in [0.29, 0.717) is 10.7 Å². The number of anilines is 1. The van der Waals surface area contributed by atoms with Crippen LogP contribution < -0.4 is 5.73 Å². The highest BCUT2D eigenvalue weighted by molar-refractivity contribution is 9.10. The molecule has 3 N–H and O–H groups in total. The molecule has 0 radical (unpaired) electrons. The first-order valence-corrected chi connectivity index (χ1v) is 7.41. The van der Waals surface area contributed by atoms with Crippen LogP contribution in [-0.2, 0) is 0 Å². The lowest BCUT2D eigenvalue weighted by Crippen LogP contribution is -1.88. The molecule has 1 aromatic heterocycles. The molecule has 2 aromatic carbocycles. The van der Waals surface area contributed by atoms with Crippen LogP contribution in [0.5, 0.6) is 0 Å². The minimum absolute atomic E-state index is 0.608. The van der Waals surface area contributed by atoms with Crippen molar-refractivity contribution in [1.29, 1.82) is 0 Å². The summed E-state index contributed by atoms with van der Waals surface area (Å²) in [4.78, 5) is 7.76. The van der Waals surface area contributed by atoms with Crippen LogP contribution in [0.15, 0.2) is 39.3 Å². The fraction of sp³-hybridized carbons (Fsp3) is 0. The number of H-pyrrole nitrogens is 1. The average molecular weight is 401 g/mol. The molecule has 0 unspecified atom stereocenters. The second kappa shape index (κ2) is 4.81. The zero-order valence-electron chi connectivity index (χ0n) is 9.55. The van der Waals surface area contributed by atoms with Crippen LogP contribution in [0.4, 0.5) is 5.69 Å². The van der Waals surface area contributed by atoms with Crippen molar-refractivity contribution in [3.63, 3.8) is 0 Å². The second-order valence-electron chi connectivity index (χ2n) is 4.11. The summed E-state index contributed by atoms with van der Waals surface area (Å²) in [7, 11) is 0. The first kappa shape index (κ1) is 13.0. The number of nitrogens with two attached hydrogens (primary N) is 1. The van der Waals surface area contributed by atoms with Crippen LogP contribution in [0.25, 0.3) is 22.4 Å². The van der Waals surface area contributed by atoms with Crippen molar-refractivity contribution in [2.75, 3.05) is 5.73 Å². The van der Waals surface area contributed by atoms with Crippen LogP contribution >= 0.6 is 43.5 Å². The maximum atomic E-state index is 6.17. The Bertz CT molecular complexity index is 783. The van der Waals surface area contributed by atoms with Crippen molar-refractivity contribution in [2.24, 2.45) is 0 Å². The lowest BCUT2D eigenvalue weighted by atomic mass is 10.2. The summed E-state index contributed by atoms with van der Waals surface area (Å²) in [5.41, 5.74) is 9.11. The molecule has 3 rings (SSSR count). The van der Waals surface area contributed by atoms with Crippen molar-refractivity contribution >= 4 is 60.2 Å². The predicted molar refractivity (Wildman–Crippen MR) is 86.4 cm³/mol. The van der Waals surface area contributed by atoms with Gasteiger partial charge in [0.15, 0.2) is 0 Å². The average Bonchev–Trinajstić information content (AvgIpc) is 2.76. The van der Waals surface area contributed by atoms with Gasteiger partial charge in [-0.15, -0.1) is 0 Å². The summed E-state index contributed by atoms with van der Waals surface area (Å²) in [5.74, 6) is 0.745. The lowest BCUT2D eigenvalue weighted by Gasteiger charge is -2.00. The first-order chi connectivity index (χ1) is 9.04. The third-order valence-electron chi connectivity index (χ3n) is 2.77. The molecule has 0 aliphatic carbocycles. The van der Waals surface area contributed by atoms with Crippen molar-refractivity contribution in [1.82, 2.24) is 9.97 Å². The molecule has 3 nitrogen and oxygen atoms in total. The molecule has 0 amide bonds. The van der Waals surface area contributed by atoms with Gasteiger partial charge in [0.1, 0.15) is 11.3 Å². The number of fused-ring (bicyclic) bond motifs is 1. The summed E-state index contributed by atoms with van der Waals surface area (Å²) >= 11 is 13.0. The summed E-state index contributed by atoms with van der Waals surface area (Å²) in [6.45, 7) is 0. The van der Waals surface area contributed by atoms with E-state index in [1.54, 1.807) is 0 Å². The molecule has 0 aliphatic rings. The molecule has 0 bridgehead atoms. The van der Waals surface area contributed by atoms with Gasteiger partial charge in [0, 0.05) is 20.2 Å². The number of aromatic nitrogens is 2. The van der Waals surface area contributed by atoms with Gasteiger partial charge in [-0.3, -0.25) is 0 Å². The van der Waals surface area contributed by atoms with Gasteiger partial charge in [-0.05, 0) is 46.3 Å². The van der Waals surface area contributed by atoms with Gasteiger partial charge >= 0.3 is 0 Å². The SMILES string of the molecule is Nc1cc(-c2nc3c(Cl)cc(Br)cc3[nH]2)ccc1Br. The highest BCUT2D eigenvalue weighted by atomic mass is 79.9. The van der Waals surface area contributed by atoms with E-state index in [2.05, 4.69) is 41.8 Å². The maximum Gasteiger partial charge on any atom is 0.138 e. The van der Waals surface area contributed by atoms with Gasteiger partial charge in [-0.1, -0.05) is 27.5 Å². The van der Waals surface area contributed by atoms with E-state index in [4.69, 9.17) is 17.3 Å². The quantitative estimate of drug-likeness (QED) is 0.565. The monoisotopic (exact) mass is 399 g/mol. The number of nitrogens with one attached hydrogen (secondary N) is 1.